The summed E-state index contributed by atoms with van der Waals surface area (Å²) in [5.41, 5.74) is 0.885. The van der Waals surface area contributed by atoms with E-state index < -0.39 is 5.97 Å². The fraction of sp³-hybridized carbons (Fsp3) is 0.500. The van der Waals surface area contributed by atoms with Gasteiger partial charge in [0, 0.05) is 18.0 Å². The summed E-state index contributed by atoms with van der Waals surface area (Å²) in [6.07, 6.45) is 1.14. The topological polar surface area (TPSA) is 66.4 Å². The molecule has 1 atom stereocenters. The Kier molecular flexibility index (Phi) is 7.23. The second-order valence-corrected chi connectivity index (χ2v) is 6.14. The molecule has 0 bridgehead atoms. The monoisotopic (exact) mass is 311 g/mol. The molecule has 116 valence electrons. The first-order valence-electron chi connectivity index (χ1n) is 7.09. The van der Waals surface area contributed by atoms with Gasteiger partial charge in [-0.3, -0.25) is 9.59 Å². The van der Waals surface area contributed by atoms with Crippen molar-refractivity contribution in [2.24, 2.45) is 11.8 Å². The Bertz CT molecular complexity index is 471. The minimum atomic E-state index is -0.826. The Labute approximate surface area is 130 Å². The van der Waals surface area contributed by atoms with Gasteiger partial charge >= 0.3 is 5.97 Å². The predicted octanol–water partition coefficient (Wildman–Crippen LogP) is 3.14. The van der Waals surface area contributed by atoms with Gasteiger partial charge in [0.1, 0.15) is 0 Å². The molecular weight excluding hydrogens is 290 g/mol. The van der Waals surface area contributed by atoms with Crippen LogP contribution in [0.2, 0.25) is 5.02 Å². The zero-order valence-corrected chi connectivity index (χ0v) is 13.2. The highest BCUT2D eigenvalue weighted by Crippen LogP contribution is 2.15. The number of carbonyl (C=O) groups excluding carboxylic acids is 1. The maximum atomic E-state index is 11.9. The van der Waals surface area contributed by atoms with Crippen molar-refractivity contribution in [3.63, 3.8) is 0 Å². The van der Waals surface area contributed by atoms with Crippen LogP contribution in [0.3, 0.4) is 0 Å². The Hall–Kier alpha value is -1.55. The van der Waals surface area contributed by atoms with E-state index >= 15 is 0 Å². The summed E-state index contributed by atoms with van der Waals surface area (Å²) in [5.74, 6) is -0.553. The van der Waals surface area contributed by atoms with E-state index in [2.05, 4.69) is 5.32 Å². The van der Waals surface area contributed by atoms with Crippen LogP contribution in [0.4, 0.5) is 0 Å². The molecule has 0 aliphatic carbocycles. The fourth-order valence-corrected chi connectivity index (χ4v) is 2.39. The van der Waals surface area contributed by atoms with Crippen LogP contribution in [-0.2, 0) is 16.0 Å². The van der Waals surface area contributed by atoms with E-state index in [9.17, 15) is 9.59 Å². The van der Waals surface area contributed by atoms with Crippen LogP contribution in [0, 0.1) is 11.8 Å². The molecule has 4 nitrogen and oxygen atoms in total. The molecule has 1 amide bonds. The van der Waals surface area contributed by atoms with Gasteiger partial charge in [-0.25, -0.2) is 0 Å². The average Bonchev–Trinajstić information content (AvgIpc) is 2.37. The highest BCUT2D eigenvalue weighted by Gasteiger charge is 2.16. The molecule has 0 saturated carbocycles. The molecule has 5 heteroatoms. The second kappa shape index (κ2) is 8.67. The van der Waals surface area contributed by atoms with Crippen molar-refractivity contribution in [2.75, 3.05) is 6.54 Å². The number of carbonyl (C=O) groups is 2. The molecular formula is C16H22ClNO3. The van der Waals surface area contributed by atoms with Crippen LogP contribution in [0.15, 0.2) is 24.3 Å². The maximum absolute atomic E-state index is 11.9. The Morgan fingerprint density at radius 3 is 2.38 bits per heavy atom. The lowest BCUT2D eigenvalue weighted by Crippen LogP contribution is -2.32. The molecule has 0 spiro atoms. The van der Waals surface area contributed by atoms with Gasteiger partial charge in [-0.2, -0.15) is 0 Å². The summed E-state index contributed by atoms with van der Waals surface area (Å²) in [7, 11) is 0. The van der Waals surface area contributed by atoms with E-state index in [4.69, 9.17) is 16.7 Å². The lowest BCUT2D eigenvalue weighted by molar-refractivity contribution is -0.138. The largest absolute Gasteiger partial charge is 0.481 e. The van der Waals surface area contributed by atoms with Crippen LogP contribution < -0.4 is 5.32 Å². The number of carboxylic acid groups (broad SMARTS) is 1. The van der Waals surface area contributed by atoms with Crippen molar-refractivity contribution in [3.05, 3.63) is 34.9 Å². The molecule has 0 aliphatic heterocycles. The smallest absolute Gasteiger partial charge is 0.303 e. The third-order valence-corrected chi connectivity index (χ3v) is 3.39. The Balaban J connectivity index is 2.44. The van der Waals surface area contributed by atoms with E-state index in [1.807, 2.05) is 26.0 Å². The molecule has 21 heavy (non-hydrogen) atoms. The highest BCUT2D eigenvalue weighted by atomic mass is 35.5. The Morgan fingerprint density at radius 1 is 1.24 bits per heavy atom. The number of carboxylic acids is 1. The number of rotatable bonds is 8. The normalized spacial score (nSPS) is 12.2. The van der Waals surface area contributed by atoms with Crippen molar-refractivity contribution in [1.82, 2.24) is 5.32 Å². The van der Waals surface area contributed by atoms with Gasteiger partial charge in [-0.05, 0) is 36.0 Å². The zero-order valence-electron chi connectivity index (χ0n) is 12.4. The average molecular weight is 312 g/mol. The van der Waals surface area contributed by atoms with Gasteiger partial charge in [0.2, 0.25) is 5.91 Å². The second-order valence-electron chi connectivity index (χ2n) is 5.70. The van der Waals surface area contributed by atoms with Gasteiger partial charge in [0.25, 0.3) is 0 Å². The Morgan fingerprint density at radius 2 is 1.86 bits per heavy atom. The number of hydrogen-bond acceptors (Lipinski definition) is 2. The first-order valence-corrected chi connectivity index (χ1v) is 7.47. The van der Waals surface area contributed by atoms with Crippen molar-refractivity contribution in [2.45, 2.75) is 33.1 Å². The van der Waals surface area contributed by atoms with Crippen LogP contribution in [0.5, 0.6) is 0 Å². The first-order chi connectivity index (χ1) is 9.86. The van der Waals surface area contributed by atoms with Gasteiger partial charge in [0.15, 0.2) is 0 Å². The van der Waals surface area contributed by atoms with Crippen LogP contribution in [-0.4, -0.2) is 23.5 Å². The van der Waals surface area contributed by atoms with Gasteiger partial charge in [-0.1, -0.05) is 37.6 Å². The van der Waals surface area contributed by atoms with Crippen molar-refractivity contribution in [3.8, 4) is 0 Å². The highest BCUT2D eigenvalue weighted by molar-refractivity contribution is 6.30. The van der Waals surface area contributed by atoms with Gasteiger partial charge < -0.3 is 10.4 Å². The van der Waals surface area contributed by atoms with Crippen LogP contribution in [0.1, 0.15) is 32.3 Å². The summed E-state index contributed by atoms with van der Waals surface area (Å²) in [4.78, 5) is 22.7. The number of amides is 1. The van der Waals surface area contributed by atoms with E-state index in [0.717, 1.165) is 12.0 Å². The predicted molar refractivity (Wildman–Crippen MR) is 83.4 cm³/mol. The van der Waals surface area contributed by atoms with Gasteiger partial charge in [0.05, 0.1) is 6.42 Å². The molecule has 0 saturated heterocycles. The third kappa shape index (κ3) is 7.71. The third-order valence-electron chi connectivity index (χ3n) is 3.13. The van der Waals surface area contributed by atoms with E-state index in [0.29, 0.717) is 17.5 Å². The summed E-state index contributed by atoms with van der Waals surface area (Å²) >= 11 is 5.79. The van der Waals surface area contributed by atoms with Crippen molar-refractivity contribution in [1.29, 1.82) is 0 Å². The van der Waals surface area contributed by atoms with Crippen LogP contribution in [0.25, 0.3) is 0 Å². The molecule has 0 aromatic heterocycles. The molecule has 1 aromatic carbocycles. The molecule has 2 N–H and O–H groups in total. The number of nitrogens with one attached hydrogen (secondary N) is 1. The summed E-state index contributed by atoms with van der Waals surface area (Å²) in [6.45, 7) is 4.49. The lowest BCUT2D eigenvalue weighted by Gasteiger charge is -2.17. The standard InChI is InChI=1S/C16H22ClNO3/c1-11(2)7-13(9-16(20)21)10-18-15(19)8-12-3-5-14(17)6-4-12/h3-6,11,13H,7-10H2,1-2H3,(H,18,19)(H,20,21). The van der Waals surface area contributed by atoms with Crippen molar-refractivity contribution >= 4 is 23.5 Å². The van der Waals surface area contributed by atoms with E-state index in [1.54, 1.807) is 12.1 Å². The lowest BCUT2D eigenvalue weighted by atomic mass is 9.94. The molecule has 1 rings (SSSR count). The molecule has 1 unspecified atom stereocenters. The minimum absolute atomic E-state index is 0.0309. The maximum Gasteiger partial charge on any atom is 0.303 e. The molecule has 0 heterocycles. The number of aliphatic carboxylic acids is 1. The van der Waals surface area contributed by atoms with E-state index in [1.165, 1.54) is 0 Å². The summed E-state index contributed by atoms with van der Waals surface area (Å²) in [6, 6.07) is 7.11. The summed E-state index contributed by atoms with van der Waals surface area (Å²) < 4.78 is 0. The van der Waals surface area contributed by atoms with Gasteiger partial charge in [-0.15, -0.1) is 0 Å². The summed E-state index contributed by atoms with van der Waals surface area (Å²) in [5, 5.41) is 12.4. The number of benzene rings is 1. The minimum Gasteiger partial charge on any atom is -0.481 e. The molecule has 0 radical (unpaired) electrons. The quantitative estimate of drug-likeness (QED) is 0.775. The molecule has 1 aromatic rings. The number of hydrogen-bond donors (Lipinski definition) is 2. The number of halogens is 1. The van der Waals surface area contributed by atoms with E-state index in [-0.39, 0.29) is 24.7 Å². The first kappa shape index (κ1) is 17.5. The molecule has 0 aliphatic rings. The van der Waals surface area contributed by atoms with Crippen LogP contribution >= 0.6 is 11.6 Å². The van der Waals surface area contributed by atoms with Crippen molar-refractivity contribution < 1.29 is 14.7 Å². The fourth-order valence-electron chi connectivity index (χ4n) is 2.26. The SMILES string of the molecule is CC(C)CC(CNC(=O)Cc1ccc(Cl)cc1)CC(=O)O. The zero-order chi connectivity index (χ0) is 15.8. The molecule has 0 fully saturated rings.